The van der Waals surface area contributed by atoms with Crippen LogP contribution in [0.1, 0.15) is 20.3 Å². The zero-order valence-electron chi connectivity index (χ0n) is 11.3. The van der Waals surface area contributed by atoms with E-state index < -0.39 is 0 Å². The van der Waals surface area contributed by atoms with Gasteiger partial charge in [-0.3, -0.25) is 10.8 Å². The lowest BCUT2D eigenvalue weighted by Gasteiger charge is -2.04. The van der Waals surface area contributed by atoms with Crippen molar-refractivity contribution in [2.75, 3.05) is 14.2 Å². The third kappa shape index (κ3) is 7.39. The molecule has 7 heteroatoms. The van der Waals surface area contributed by atoms with Crippen LogP contribution in [0.2, 0.25) is 0 Å². The second-order valence-electron chi connectivity index (χ2n) is 3.20. The summed E-state index contributed by atoms with van der Waals surface area (Å²) in [5.74, 6) is 5.61. The molecule has 0 saturated heterocycles. The van der Waals surface area contributed by atoms with Gasteiger partial charge in [0.1, 0.15) is 0 Å². The molecule has 1 unspecified atom stereocenters. The van der Waals surface area contributed by atoms with Crippen LogP contribution in [0, 0.1) is 0 Å². The van der Waals surface area contributed by atoms with Crippen molar-refractivity contribution in [2.45, 2.75) is 26.3 Å². The van der Waals surface area contributed by atoms with Crippen LogP contribution < -0.4 is 11.3 Å². The number of hydrogen-bond acceptors (Lipinski definition) is 6. The van der Waals surface area contributed by atoms with Crippen LogP contribution in [0.4, 0.5) is 0 Å². The SMILES string of the molecule is CC/C(=N\C(=N/C(C)/C=N\C=C/NN)OC)OC. The number of nitrogens with two attached hydrogens (primary N) is 1. The molecule has 0 aromatic heterocycles. The number of rotatable bonds is 5. The van der Waals surface area contributed by atoms with Gasteiger partial charge in [-0.05, 0) is 6.92 Å². The highest BCUT2D eigenvalue weighted by atomic mass is 16.5. The van der Waals surface area contributed by atoms with E-state index in [1.807, 2.05) is 13.8 Å². The third-order valence-corrected chi connectivity index (χ3v) is 1.81. The fraction of sp³-hybridized carbons (Fsp3) is 0.545. The Labute approximate surface area is 107 Å². The van der Waals surface area contributed by atoms with E-state index in [0.717, 1.165) is 0 Å². The summed E-state index contributed by atoms with van der Waals surface area (Å²) >= 11 is 0. The molecular weight excluding hydrogens is 234 g/mol. The van der Waals surface area contributed by atoms with Crippen LogP contribution in [0.15, 0.2) is 27.4 Å². The molecule has 0 bridgehead atoms. The average molecular weight is 255 g/mol. The molecule has 102 valence electrons. The van der Waals surface area contributed by atoms with E-state index in [0.29, 0.717) is 12.3 Å². The molecule has 18 heavy (non-hydrogen) atoms. The lowest BCUT2D eigenvalue weighted by atomic mass is 10.4. The summed E-state index contributed by atoms with van der Waals surface area (Å²) in [5.41, 5.74) is 2.34. The fourth-order valence-corrected chi connectivity index (χ4v) is 0.971. The minimum Gasteiger partial charge on any atom is -0.484 e. The number of nitrogens with zero attached hydrogens (tertiary/aromatic N) is 3. The van der Waals surface area contributed by atoms with Gasteiger partial charge in [-0.15, -0.1) is 0 Å². The molecule has 0 aliphatic rings. The molecule has 0 aliphatic carbocycles. The average Bonchev–Trinajstić information content (AvgIpc) is 2.39. The Balaban J connectivity index is 4.63. The first-order valence-electron chi connectivity index (χ1n) is 5.55. The maximum Gasteiger partial charge on any atom is 0.315 e. The molecule has 0 spiro atoms. The zero-order valence-corrected chi connectivity index (χ0v) is 11.3. The number of hydrogen-bond donors (Lipinski definition) is 2. The highest BCUT2D eigenvalue weighted by molar-refractivity contribution is 5.90. The Morgan fingerprint density at radius 2 is 2.11 bits per heavy atom. The van der Waals surface area contributed by atoms with Crippen molar-refractivity contribution >= 4 is 18.1 Å². The van der Waals surface area contributed by atoms with E-state index >= 15 is 0 Å². The van der Waals surface area contributed by atoms with Crippen molar-refractivity contribution in [3.63, 3.8) is 0 Å². The molecule has 7 nitrogen and oxygen atoms in total. The Hall–Kier alpha value is -1.89. The molecule has 0 amide bonds. The highest BCUT2D eigenvalue weighted by Crippen LogP contribution is 1.95. The maximum absolute atomic E-state index is 5.05. The molecule has 3 N–H and O–H groups in total. The number of nitrogens with one attached hydrogen (secondary N) is 1. The second-order valence-corrected chi connectivity index (χ2v) is 3.20. The molecule has 0 saturated carbocycles. The topological polar surface area (TPSA) is 93.6 Å². The van der Waals surface area contributed by atoms with Gasteiger partial charge in [0, 0.05) is 25.0 Å². The van der Waals surface area contributed by atoms with Gasteiger partial charge in [-0.25, -0.2) is 4.99 Å². The standard InChI is InChI=1S/C11H21N5O2/c1-5-10(17-3)16-11(18-4)15-9(2)8-13-6-7-14-12/h6-9,14H,5,12H2,1-4H3/b7-6-,13-8-,15-11+,16-10+. The number of hydrazine groups is 1. The largest absolute Gasteiger partial charge is 0.484 e. The zero-order chi connectivity index (χ0) is 13.8. The van der Waals surface area contributed by atoms with Crippen LogP contribution in [0.25, 0.3) is 0 Å². The molecule has 1 atom stereocenters. The minimum absolute atomic E-state index is 0.166. The van der Waals surface area contributed by atoms with Crippen LogP contribution >= 0.6 is 0 Å². The lowest BCUT2D eigenvalue weighted by molar-refractivity contribution is 0.375. The van der Waals surface area contributed by atoms with Crippen molar-refractivity contribution in [1.82, 2.24) is 5.43 Å². The molecular formula is C11H21N5O2. The van der Waals surface area contributed by atoms with Gasteiger partial charge in [0.15, 0.2) is 5.90 Å². The van der Waals surface area contributed by atoms with E-state index in [-0.39, 0.29) is 12.1 Å². The van der Waals surface area contributed by atoms with E-state index in [2.05, 4.69) is 20.4 Å². The van der Waals surface area contributed by atoms with Crippen molar-refractivity contribution in [3.8, 4) is 0 Å². The lowest BCUT2D eigenvalue weighted by Crippen LogP contribution is -2.12. The van der Waals surface area contributed by atoms with Crippen molar-refractivity contribution in [1.29, 1.82) is 0 Å². The smallest absolute Gasteiger partial charge is 0.315 e. The Morgan fingerprint density at radius 1 is 1.39 bits per heavy atom. The number of ether oxygens (including phenoxy) is 2. The molecule has 0 aromatic carbocycles. The normalized spacial score (nSPS) is 15.2. The highest BCUT2D eigenvalue weighted by Gasteiger charge is 2.02. The number of methoxy groups -OCH3 is 2. The van der Waals surface area contributed by atoms with Crippen LogP contribution in [-0.2, 0) is 9.47 Å². The van der Waals surface area contributed by atoms with Gasteiger partial charge in [0.2, 0.25) is 0 Å². The fourth-order valence-electron chi connectivity index (χ4n) is 0.971. The summed E-state index contributed by atoms with van der Waals surface area (Å²) in [7, 11) is 3.07. The van der Waals surface area contributed by atoms with Crippen LogP contribution in [-0.4, -0.2) is 38.4 Å². The summed E-state index contributed by atoms with van der Waals surface area (Å²) in [5, 5.41) is 0. The minimum atomic E-state index is -0.166. The Kier molecular flexibility index (Phi) is 9.20. The molecule has 0 heterocycles. The Bertz CT molecular complexity index is 330. The van der Waals surface area contributed by atoms with Crippen LogP contribution in [0.5, 0.6) is 0 Å². The second kappa shape index (κ2) is 10.3. The summed E-state index contributed by atoms with van der Waals surface area (Å²) in [4.78, 5) is 12.3. The molecule has 0 aliphatic heterocycles. The molecule has 0 fully saturated rings. The quantitative estimate of drug-likeness (QED) is 0.329. The monoisotopic (exact) mass is 255 g/mol. The van der Waals surface area contributed by atoms with E-state index in [1.165, 1.54) is 19.5 Å². The van der Waals surface area contributed by atoms with Gasteiger partial charge in [-0.1, -0.05) is 6.92 Å². The third-order valence-electron chi connectivity index (χ3n) is 1.81. The first-order valence-corrected chi connectivity index (χ1v) is 5.55. The van der Waals surface area contributed by atoms with E-state index in [4.69, 9.17) is 15.3 Å². The number of aliphatic imine (C=N–C) groups is 3. The van der Waals surface area contributed by atoms with Crippen LogP contribution in [0.3, 0.4) is 0 Å². The molecule has 0 rings (SSSR count). The van der Waals surface area contributed by atoms with Crippen molar-refractivity contribution < 1.29 is 9.47 Å². The summed E-state index contributed by atoms with van der Waals surface area (Å²) in [6.45, 7) is 3.80. The predicted octanol–water partition coefficient (Wildman–Crippen LogP) is 0.838. The first-order chi connectivity index (χ1) is 8.67. The van der Waals surface area contributed by atoms with Crippen molar-refractivity contribution in [3.05, 3.63) is 12.4 Å². The summed E-state index contributed by atoms with van der Waals surface area (Å²) in [6.07, 6.45) is 5.34. The maximum atomic E-state index is 5.05. The first kappa shape index (κ1) is 16.1. The van der Waals surface area contributed by atoms with Gasteiger partial charge in [0.25, 0.3) is 0 Å². The van der Waals surface area contributed by atoms with Gasteiger partial charge >= 0.3 is 6.02 Å². The molecule has 0 radical (unpaired) electrons. The van der Waals surface area contributed by atoms with Gasteiger partial charge in [-0.2, -0.15) is 4.99 Å². The summed E-state index contributed by atoms with van der Waals surface area (Å²) < 4.78 is 10.1. The van der Waals surface area contributed by atoms with Gasteiger partial charge < -0.3 is 14.9 Å². The van der Waals surface area contributed by atoms with Crippen molar-refractivity contribution in [2.24, 2.45) is 20.8 Å². The predicted molar refractivity (Wildman–Crippen MR) is 73.6 cm³/mol. The molecule has 0 aromatic rings. The summed E-state index contributed by atoms with van der Waals surface area (Å²) in [6, 6.07) is 0.0923. The number of amidine groups is 1. The van der Waals surface area contributed by atoms with Gasteiger partial charge in [0.05, 0.1) is 20.3 Å². The Morgan fingerprint density at radius 3 is 2.61 bits per heavy atom. The van der Waals surface area contributed by atoms with E-state index in [1.54, 1.807) is 13.3 Å². The van der Waals surface area contributed by atoms with E-state index in [9.17, 15) is 0 Å².